The summed E-state index contributed by atoms with van der Waals surface area (Å²) in [5, 5.41) is 0. The number of methoxy groups -OCH3 is 1. The summed E-state index contributed by atoms with van der Waals surface area (Å²) in [6.07, 6.45) is 3.56. The van der Waals surface area contributed by atoms with Crippen LogP contribution >= 0.6 is 0 Å². The van der Waals surface area contributed by atoms with Crippen LogP contribution in [-0.4, -0.2) is 16.7 Å². The molecule has 1 aromatic carbocycles. The zero-order chi connectivity index (χ0) is 11.4. The Bertz CT molecular complexity index is 465. The van der Waals surface area contributed by atoms with Gasteiger partial charge in [-0.1, -0.05) is 18.2 Å². The van der Waals surface area contributed by atoms with Gasteiger partial charge in [-0.3, -0.25) is 0 Å². The molecular weight excluding hydrogens is 202 g/mol. The fraction of sp³-hybridized carbons (Fsp3) is 0.250. The van der Waals surface area contributed by atoms with E-state index in [2.05, 4.69) is 4.98 Å². The molecule has 1 aromatic heterocycles. The first-order valence-electron chi connectivity index (χ1n) is 5.15. The SMILES string of the molecule is COCc1ccccc1-n1cncc1CN. The van der Waals surface area contributed by atoms with Crippen molar-refractivity contribution in [2.24, 2.45) is 5.73 Å². The van der Waals surface area contributed by atoms with Gasteiger partial charge in [0.1, 0.15) is 0 Å². The highest BCUT2D eigenvalue weighted by atomic mass is 16.5. The van der Waals surface area contributed by atoms with Crippen LogP contribution in [0.25, 0.3) is 5.69 Å². The minimum Gasteiger partial charge on any atom is -0.380 e. The molecule has 0 aliphatic heterocycles. The molecule has 84 valence electrons. The Morgan fingerprint density at radius 2 is 2.19 bits per heavy atom. The minimum absolute atomic E-state index is 0.474. The summed E-state index contributed by atoms with van der Waals surface area (Å²) in [6, 6.07) is 8.07. The molecule has 2 rings (SSSR count). The topological polar surface area (TPSA) is 53.1 Å². The fourth-order valence-electron chi connectivity index (χ4n) is 1.71. The van der Waals surface area contributed by atoms with E-state index in [4.69, 9.17) is 10.5 Å². The van der Waals surface area contributed by atoms with E-state index in [1.165, 1.54) is 0 Å². The fourth-order valence-corrected chi connectivity index (χ4v) is 1.71. The van der Waals surface area contributed by atoms with Crippen molar-refractivity contribution in [3.05, 3.63) is 48.0 Å². The van der Waals surface area contributed by atoms with Crippen molar-refractivity contribution >= 4 is 0 Å². The lowest BCUT2D eigenvalue weighted by Gasteiger charge is -2.11. The molecule has 4 heteroatoms. The van der Waals surface area contributed by atoms with Crippen LogP contribution in [0.15, 0.2) is 36.8 Å². The average molecular weight is 217 g/mol. The van der Waals surface area contributed by atoms with Crippen LogP contribution in [0, 0.1) is 0 Å². The van der Waals surface area contributed by atoms with Gasteiger partial charge in [-0.25, -0.2) is 4.98 Å². The smallest absolute Gasteiger partial charge is 0.0994 e. The average Bonchev–Trinajstić information content (AvgIpc) is 2.78. The maximum absolute atomic E-state index is 5.66. The third kappa shape index (κ3) is 1.98. The Hall–Kier alpha value is -1.65. The maximum Gasteiger partial charge on any atom is 0.0994 e. The molecule has 0 fully saturated rings. The Labute approximate surface area is 94.7 Å². The van der Waals surface area contributed by atoms with Gasteiger partial charge in [-0.15, -0.1) is 0 Å². The van der Waals surface area contributed by atoms with E-state index in [1.807, 2.05) is 28.8 Å². The molecule has 0 radical (unpaired) electrons. The lowest BCUT2D eigenvalue weighted by Crippen LogP contribution is -2.07. The number of imidazole rings is 1. The van der Waals surface area contributed by atoms with Crippen molar-refractivity contribution in [3.8, 4) is 5.69 Å². The van der Waals surface area contributed by atoms with Gasteiger partial charge in [0.15, 0.2) is 0 Å². The number of hydrogen-bond acceptors (Lipinski definition) is 3. The number of ether oxygens (including phenoxy) is 1. The Morgan fingerprint density at radius 1 is 1.38 bits per heavy atom. The number of benzene rings is 1. The Kier molecular flexibility index (Phi) is 3.34. The molecule has 1 heterocycles. The molecule has 0 amide bonds. The largest absolute Gasteiger partial charge is 0.380 e. The van der Waals surface area contributed by atoms with Gasteiger partial charge in [0.25, 0.3) is 0 Å². The second kappa shape index (κ2) is 4.92. The molecule has 2 N–H and O–H groups in total. The first-order chi connectivity index (χ1) is 7.86. The summed E-state index contributed by atoms with van der Waals surface area (Å²) in [5.74, 6) is 0. The second-order valence-electron chi connectivity index (χ2n) is 3.52. The van der Waals surface area contributed by atoms with Crippen molar-refractivity contribution in [1.29, 1.82) is 0 Å². The summed E-state index contributed by atoms with van der Waals surface area (Å²) < 4.78 is 7.17. The molecule has 0 saturated carbocycles. The standard InChI is InChI=1S/C12H15N3O/c1-16-8-10-4-2-3-5-12(10)15-9-14-7-11(15)6-13/h2-5,7,9H,6,8,13H2,1H3. The maximum atomic E-state index is 5.66. The third-order valence-electron chi connectivity index (χ3n) is 2.48. The summed E-state index contributed by atoms with van der Waals surface area (Å²) in [6.45, 7) is 1.06. The molecule has 0 atom stereocenters. The highest BCUT2D eigenvalue weighted by Gasteiger charge is 2.06. The van der Waals surface area contributed by atoms with Crippen LogP contribution in [0.1, 0.15) is 11.3 Å². The molecule has 0 spiro atoms. The lowest BCUT2D eigenvalue weighted by atomic mass is 10.2. The molecule has 0 unspecified atom stereocenters. The van der Waals surface area contributed by atoms with E-state index >= 15 is 0 Å². The van der Waals surface area contributed by atoms with Crippen molar-refractivity contribution in [1.82, 2.24) is 9.55 Å². The highest BCUT2D eigenvalue weighted by Crippen LogP contribution is 2.17. The quantitative estimate of drug-likeness (QED) is 0.844. The van der Waals surface area contributed by atoms with Crippen LogP contribution in [0.2, 0.25) is 0 Å². The van der Waals surface area contributed by atoms with Gasteiger partial charge >= 0.3 is 0 Å². The molecule has 4 nitrogen and oxygen atoms in total. The van der Waals surface area contributed by atoms with E-state index in [-0.39, 0.29) is 0 Å². The van der Waals surface area contributed by atoms with Crippen molar-refractivity contribution in [2.45, 2.75) is 13.2 Å². The van der Waals surface area contributed by atoms with Crippen molar-refractivity contribution in [3.63, 3.8) is 0 Å². The normalized spacial score (nSPS) is 10.6. The first-order valence-corrected chi connectivity index (χ1v) is 5.15. The van der Waals surface area contributed by atoms with Crippen molar-refractivity contribution in [2.75, 3.05) is 7.11 Å². The van der Waals surface area contributed by atoms with Gasteiger partial charge in [-0.2, -0.15) is 0 Å². The van der Waals surface area contributed by atoms with Crippen LogP contribution in [0.3, 0.4) is 0 Å². The van der Waals surface area contributed by atoms with Crippen LogP contribution in [0.4, 0.5) is 0 Å². The van der Waals surface area contributed by atoms with Crippen molar-refractivity contribution < 1.29 is 4.74 Å². The van der Waals surface area contributed by atoms with E-state index in [9.17, 15) is 0 Å². The minimum atomic E-state index is 0.474. The number of aromatic nitrogens is 2. The second-order valence-corrected chi connectivity index (χ2v) is 3.52. The third-order valence-corrected chi connectivity index (χ3v) is 2.48. The van der Waals surface area contributed by atoms with E-state index < -0.39 is 0 Å². The first kappa shape index (κ1) is 10.9. The monoisotopic (exact) mass is 217 g/mol. The molecule has 0 bridgehead atoms. The Morgan fingerprint density at radius 3 is 2.94 bits per heavy atom. The predicted octanol–water partition coefficient (Wildman–Crippen LogP) is 1.48. The number of nitrogens with zero attached hydrogens (tertiary/aromatic N) is 2. The summed E-state index contributed by atoms with van der Waals surface area (Å²) >= 11 is 0. The van der Waals surface area contributed by atoms with Crippen LogP contribution < -0.4 is 5.73 Å². The van der Waals surface area contributed by atoms with Crippen LogP contribution in [-0.2, 0) is 17.9 Å². The zero-order valence-electron chi connectivity index (χ0n) is 9.26. The number of rotatable bonds is 4. The van der Waals surface area contributed by atoms with E-state index in [1.54, 1.807) is 19.6 Å². The predicted molar refractivity (Wildman–Crippen MR) is 62.2 cm³/mol. The molecule has 16 heavy (non-hydrogen) atoms. The number of para-hydroxylation sites is 1. The summed E-state index contributed by atoms with van der Waals surface area (Å²) in [4.78, 5) is 4.11. The zero-order valence-corrected chi connectivity index (χ0v) is 9.26. The molecular formula is C12H15N3O. The Balaban J connectivity index is 2.46. The van der Waals surface area contributed by atoms with Gasteiger partial charge in [0.05, 0.1) is 24.3 Å². The van der Waals surface area contributed by atoms with Gasteiger partial charge < -0.3 is 15.0 Å². The van der Waals surface area contributed by atoms with Gasteiger partial charge in [-0.05, 0) is 6.07 Å². The summed E-state index contributed by atoms with van der Waals surface area (Å²) in [7, 11) is 1.69. The van der Waals surface area contributed by atoms with Crippen LogP contribution in [0.5, 0.6) is 0 Å². The lowest BCUT2D eigenvalue weighted by molar-refractivity contribution is 0.184. The molecule has 0 aliphatic rings. The number of nitrogens with two attached hydrogens (primary N) is 1. The molecule has 0 saturated heterocycles. The number of hydrogen-bond donors (Lipinski definition) is 1. The van der Waals surface area contributed by atoms with E-state index in [0.29, 0.717) is 13.2 Å². The molecule has 2 aromatic rings. The van der Waals surface area contributed by atoms with E-state index in [0.717, 1.165) is 16.9 Å². The highest BCUT2D eigenvalue weighted by molar-refractivity contribution is 5.41. The summed E-state index contributed by atoms with van der Waals surface area (Å²) in [5.41, 5.74) is 8.85. The van der Waals surface area contributed by atoms with Gasteiger partial charge in [0.2, 0.25) is 0 Å². The van der Waals surface area contributed by atoms with Gasteiger partial charge in [0, 0.05) is 25.4 Å². The molecule has 0 aliphatic carbocycles.